The Morgan fingerprint density at radius 2 is 1.85 bits per heavy atom. The van der Waals surface area contributed by atoms with Crippen LogP contribution >= 0.6 is 23.5 Å². The Balaban J connectivity index is 1.47. The van der Waals surface area contributed by atoms with Gasteiger partial charge in [0.15, 0.2) is 11.5 Å². The topological polar surface area (TPSA) is 55.1 Å². The molecule has 26 heavy (non-hydrogen) atoms. The van der Waals surface area contributed by atoms with Crippen LogP contribution in [0.4, 0.5) is 5.69 Å². The molecule has 1 saturated heterocycles. The van der Waals surface area contributed by atoms with E-state index in [1.165, 1.54) is 23.5 Å². The van der Waals surface area contributed by atoms with Gasteiger partial charge in [0, 0.05) is 17.3 Å². The molecule has 4 nitrogen and oxygen atoms in total. The van der Waals surface area contributed by atoms with Crippen LogP contribution in [0.3, 0.4) is 0 Å². The van der Waals surface area contributed by atoms with Gasteiger partial charge in [0.1, 0.15) is 0 Å². The number of nitrogens with one attached hydrogen (secondary N) is 1. The van der Waals surface area contributed by atoms with Crippen molar-refractivity contribution in [3.05, 3.63) is 71.9 Å². The van der Waals surface area contributed by atoms with E-state index < -0.39 is 0 Å². The summed E-state index contributed by atoms with van der Waals surface area (Å²) in [4.78, 5) is 12.5. The lowest BCUT2D eigenvalue weighted by Gasteiger charge is -2.21. The maximum Gasteiger partial charge on any atom is 0.277 e. The highest BCUT2D eigenvalue weighted by atomic mass is 32.2. The van der Waals surface area contributed by atoms with Crippen LogP contribution in [-0.2, 0) is 0 Å². The van der Waals surface area contributed by atoms with Gasteiger partial charge in [-0.3, -0.25) is 4.79 Å². The molecule has 0 bridgehead atoms. The molecule has 0 unspecified atom stereocenters. The molecule has 1 fully saturated rings. The summed E-state index contributed by atoms with van der Waals surface area (Å²) >= 11 is 3.93. The largest absolute Gasteiger partial charge is 0.355 e. The number of aromatic nitrogens is 1. The summed E-state index contributed by atoms with van der Waals surface area (Å²) in [6.07, 6.45) is 1.26. The van der Waals surface area contributed by atoms with Crippen LogP contribution in [0.5, 0.6) is 0 Å². The molecular weight excluding hydrogens is 364 g/mol. The van der Waals surface area contributed by atoms with Crippen molar-refractivity contribution in [2.75, 3.05) is 16.8 Å². The van der Waals surface area contributed by atoms with E-state index in [9.17, 15) is 4.79 Å². The van der Waals surface area contributed by atoms with Crippen molar-refractivity contribution in [1.29, 1.82) is 0 Å². The van der Waals surface area contributed by atoms with Crippen molar-refractivity contribution >= 4 is 35.1 Å². The van der Waals surface area contributed by atoms with Crippen molar-refractivity contribution in [2.45, 2.75) is 11.0 Å². The molecule has 1 N–H and O–H groups in total. The summed E-state index contributed by atoms with van der Waals surface area (Å²) in [6, 6.07) is 19.3. The molecule has 0 spiro atoms. The number of carbonyl (C=O) groups excluding carboxylic acids is 1. The number of carbonyl (C=O) groups is 1. The van der Waals surface area contributed by atoms with Gasteiger partial charge in [0.2, 0.25) is 0 Å². The van der Waals surface area contributed by atoms with Crippen LogP contribution in [0.1, 0.15) is 27.1 Å². The highest BCUT2D eigenvalue weighted by Crippen LogP contribution is 2.44. The van der Waals surface area contributed by atoms with Crippen LogP contribution in [0.2, 0.25) is 0 Å². The fourth-order valence-electron chi connectivity index (χ4n) is 2.76. The van der Waals surface area contributed by atoms with Gasteiger partial charge in [-0.1, -0.05) is 47.6 Å². The Labute approximate surface area is 160 Å². The average Bonchev–Trinajstić information content (AvgIpc) is 3.20. The number of anilines is 1. The van der Waals surface area contributed by atoms with E-state index in [4.69, 9.17) is 4.52 Å². The first-order valence-corrected chi connectivity index (χ1v) is 10.6. The molecule has 1 amide bonds. The first-order chi connectivity index (χ1) is 12.8. The number of thioether (sulfide) groups is 2. The third-order valence-corrected chi connectivity index (χ3v) is 7.06. The van der Waals surface area contributed by atoms with Gasteiger partial charge in [0.25, 0.3) is 5.91 Å². The van der Waals surface area contributed by atoms with Crippen LogP contribution in [0.25, 0.3) is 11.3 Å². The number of nitrogens with zero attached hydrogens (tertiary/aromatic N) is 1. The molecule has 6 heteroatoms. The van der Waals surface area contributed by atoms with Crippen LogP contribution < -0.4 is 5.32 Å². The maximum atomic E-state index is 12.5. The minimum absolute atomic E-state index is 0.267. The van der Waals surface area contributed by atoms with Gasteiger partial charge in [-0.05, 0) is 35.6 Å². The Bertz CT molecular complexity index is 890. The lowest BCUT2D eigenvalue weighted by atomic mass is 10.1. The highest BCUT2D eigenvalue weighted by molar-refractivity contribution is 8.16. The minimum atomic E-state index is -0.267. The van der Waals surface area contributed by atoms with E-state index in [1.54, 1.807) is 6.07 Å². The van der Waals surface area contributed by atoms with E-state index >= 15 is 0 Å². The van der Waals surface area contributed by atoms with Crippen LogP contribution in [-0.4, -0.2) is 22.6 Å². The lowest BCUT2D eigenvalue weighted by Crippen LogP contribution is -2.12. The maximum absolute atomic E-state index is 12.5. The molecule has 0 radical (unpaired) electrons. The fourth-order valence-corrected chi connectivity index (χ4v) is 5.63. The SMILES string of the molecule is O=C(Nc1cccc(C2SCCCS2)c1)c1cc(-c2ccccc2)on1. The van der Waals surface area contributed by atoms with Crippen molar-refractivity contribution in [2.24, 2.45) is 0 Å². The second kappa shape index (κ2) is 8.01. The normalized spacial score (nSPS) is 14.9. The van der Waals surface area contributed by atoms with Crippen molar-refractivity contribution in [3.8, 4) is 11.3 Å². The molecule has 4 rings (SSSR count). The number of hydrogen-bond acceptors (Lipinski definition) is 5. The van der Waals surface area contributed by atoms with Gasteiger partial charge >= 0.3 is 0 Å². The molecule has 0 saturated carbocycles. The van der Waals surface area contributed by atoms with E-state index in [1.807, 2.05) is 72.1 Å². The van der Waals surface area contributed by atoms with Gasteiger partial charge in [-0.25, -0.2) is 0 Å². The number of benzene rings is 2. The molecule has 132 valence electrons. The van der Waals surface area contributed by atoms with Gasteiger partial charge in [-0.15, -0.1) is 23.5 Å². The van der Waals surface area contributed by atoms with Gasteiger partial charge < -0.3 is 9.84 Å². The van der Waals surface area contributed by atoms with E-state index in [-0.39, 0.29) is 11.6 Å². The minimum Gasteiger partial charge on any atom is -0.355 e. The average molecular weight is 383 g/mol. The van der Waals surface area contributed by atoms with E-state index in [0.717, 1.165) is 11.3 Å². The Morgan fingerprint density at radius 3 is 2.65 bits per heavy atom. The Kier molecular flexibility index (Phi) is 5.32. The second-order valence-electron chi connectivity index (χ2n) is 5.95. The summed E-state index contributed by atoms with van der Waals surface area (Å²) in [6.45, 7) is 0. The number of amides is 1. The smallest absolute Gasteiger partial charge is 0.277 e. The van der Waals surface area contributed by atoms with E-state index in [2.05, 4.69) is 16.5 Å². The predicted molar refractivity (Wildman–Crippen MR) is 109 cm³/mol. The molecule has 2 aromatic carbocycles. The summed E-state index contributed by atoms with van der Waals surface area (Å²) in [7, 11) is 0. The first kappa shape index (κ1) is 17.2. The third-order valence-electron chi connectivity index (χ3n) is 4.04. The highest BCUT2D eigenvalue weighted by Gasteiger charge is 2.18. The summed E-state index contributed by atoms with van der Waals surface area (Å²) in [5.74, 6) is 2.70. The number of rotatable bonds is 4. The van der Waals surface area contributed by atoms with Crippen molar-refractivity contribution < 1.29 is 9.32 Å². The molecule has 0 atom stereocenters. The molecule has 0 aliphatic carbocycles. The zero-order valence-corrected chi connectivity index (χ0v) is 15.7. The zero-order valence-electron chi connectivity index (χ0n) is 14.1. The monoisotopic (exact) mass is 382 g/mol. The predicted octanol–water partition coefficient (Wildman–Crippen LogP) is 5.46. The van der Waals surface area contributed by atoms with Crippen molar-refractivity contribution in [3.63, 3.8) is 0 Å². The third kappa shape index (κ3) is 3.97. The lowest BCUT2D eigenvalue weighted by molar-refractivity contribution is 0.101. The quantitative estimate of drug-likeness (QED) is 0.649. The summed E-state index contributed by atoms with van der Waals surface area (Å²) in [5, 5.41) is 6.83. The molecule has 2 heterocycles. The van der Waals surface area contributed by atoms with Gasteiger partial charge in [0.05, 0.1) is 4.58 Å². The van der Waals surface area contributed by atoms with Crippen LogP contribution in [0, 0.1) is 0 Å². The molecule has 3 aromatic rings. The number of hydrogen-bond donors (Lipinski definition) is 1. The zero-order chi connectivity index (χ0) is 17.8. The summed E-state index contributed by atoms with van der Waals surface area (Å²) < 4.78 is 5.75. The molecular formula is C20H18N2O2S2. The molecule has 1 aromatic heterocycles. The summed E-state index contributed by atoms with van der Waals surface area (Å²) in [5.41, 5.74) is 3.19. The molecule has 1 aliphatic rings. The van der Waals surface area contributed by atoms with Crippen LogP contribution in [0.15, 0.2) is 65.2 Å². The Hall–Kier alpha value is -2.18. The molecule has 1 aliphatic heterocycles. The van der Waals surface area contributed by atoms with E-state index in [0.29, 0.717) is 10.3 Å². The second-order valence-corrected chi connectivity index (χ2v) is 8.67. The first-order valence-electron chi connectivity index (χ1n) is 8.46. The standard InChI is InChI=1S/C20H18N2O2S2/c23-19(17-13-18(24-22-17)14-6-2-1-3-7-14)21-16-9-4-8-15(12-16)20-25-10-5-11-26-20/h1-4,6-9,12-13,20H,5,10-11H2,(H,21,23). The fraction of sp³-hybridized carbons (Fsp3) is 0.200. The Morgan fingerprint density at radius 1 is 1.04 bits per heavy atom. The van der Waals surface area contributed by atoms with Gasteiger partial charge in [-0.2, -0.15) is 0 Å². The van der Waals surface area contributed by atoms with Crippen molar-refractivity contribution in [1.82, 2.24) is 5.16 Å².